The molecule has 32 heavy (non-hydrogen) atoms. The number of likely N-dealkylation sites (N-methyl/N-ethyl adjacent to an activating group) is 1. The minimum atomic E-state index is -0.00489. The van der Waals surface area contributed by atoms with E-state index in [4.69, 9.17) is 9.47 Å². The maximum atomic E-state index is 13.1. The van der Waals surface area contributed by atoms with Gasteiger partial charge in [-0.1, -0.05) is 26.2 Å². The summed E-state index contributed by atoms with van der Waals surface area (Å²) in [5.74, 6) is 1.42. The summed E-state index contributed by atoms with van der Waals surface area (Å²) in [5.41, 5.74) is 0.604. The number of amides is 2. The van der Waals surface area contributed by atoms with Gasteiger partial charge >= 0.3 is 0 Å². The van der Waals surface area contributed by atoms with Crippen LogP contribution in [0.1, 0.15) is 63.2 Å². The third kappa shape index (κ3) is 7.69. The van der Waals surface area contributed by atoms with Crippen LogP contribution in [-0.2, 0) is 4.79 Å². The fourth-order valence-corrected chi connectivity index (χ4v) is 4.01. The molecule has 1 aromatic carbocycles. The van der Waals surface area contributed by atoms with Crippen LogP contribution < -0.4 is 9.47 Å². The second-order valence-electron chi connectivity index (χ2n) is 8.26. The van der Waals surface area contributed by atoms with Crippen LogP contribution in [0.4, 0.5) is 0 Å². The third-order valence-electron chi connectivity index (χ3n) is 6.02. The fourth-order valence-electron chi connectivity index (χ4n) is 4.01. The molecule has 7 heteroatoms. The first kappa shape index (κ1) is 26.0. The summed E-state index contributed by atoms with van der Waals surface area (Å²) in [6.07, 6.45) is 5.43. The van der Waals surface area contributed by atoms with Crippen LogP contribution in [0.2, 0.25) is 0 Å². The van der Waals surface area contributed by atoms with E-state index in [0.717, 1.165) is 38.9 Å². The van der Waals surface area contributed by atoms with Crippen molar-refractivity contribution < 1.29 is 19.1 Å². The van der Waals surface area contributed by atoms with Crippen LogP contribution in [0.5, 0.6) is 11.5 Å². The monoisotopic (exact) mass is 447 g/mol. The molecule has 0 atom stereocenters. The lowest BCUT2D eigenvalue weighted by molar-refractivity contribution is -0.132. The first-order valence-electron chi connectivity index (χ1n) is 12.1. The van der Waals surface area contributed by atoms with Gasteiger partial charge in [0.25, 0.3) is 5.91 Å². The standard InChI is InChI=1S/C25H41N3O4/c1-5-8-9-10-18-32-22-13-12-21(19-23(22)31-4)25(30)28-15-11-14-26(16-17-28)20-24(29)27(6-2)7-3/h12-13,19H,5-11,14-18,20H2,1-4H3. The molecule has 0 saturated carbocycles. The zero-order valence-electron chi connectivity index (χ0n) is 20.4. The molecule has 1 heterocycles. The Hall–Kier alpha value is -2.28. The van der Waals surface area contributed by atoms with Crippen LogP contribution in [0, 0.1) is 0 Å². The summed E-state index contributed by atoms with van der Waals surface area (Å²) < 4.78 is 11.4. The zero-order chi connectivity index (χ0) is 23.3. The Morgan fingerprint density at radius 3 is 2.44 bits per heavy atom. The van der Waals surface area contributed by atoms with Crippen molar-refractivity contribution >= 4 is 11.8 Å². The molecule has 1 fully saturated rings. The molecular formula is C25H41N3O4. The van der Waals surface area contributed by atoms with Gasteiger partial charge in [-0.2, -0.15) is 0 Å². The van der Waals surface area contributed by atoms with Gasteiger partial charge in [0.15, 0.2) is 11.5 Å². The van der Waals surface area contributed by atoms with Crippen molar-refractivity contribution in [3.63, 3.8) is 0 Å². The molecule has 180 valence electrons. The molecule has 7 nitrogen and oxygen atoms in total. The second kappa shape index (κ2) is 14.0. The first-order valence-corrected chi connectivity index (χ1v) is 12.1. The number of ether oxygens (including phenoxy) is 2. The second-order valence-corrected chi connectivity index (χ2v) is 8.26. The molecule has 2 rings (SSSR count). The Balaban J connectivity index is 1.93. The number of hydrogen-bond donors (Lipinski definition) is 0. The van der Waals surface area contributed by atoms with Crippen molar-refractivity contribution in [1.82, 2.24) is 14.7 Å². The number of benzene rings is 1. The van der Waals surface area contributed by atoms with Crippen LogP contribution in [0.3, 0.4) is 0 Å². The van der Waals surface area contributed by atoms with Crippen molar-refractivity contribution in [2.75, 3.05) is 59.5 Å². The summed E-state index contributed by atoms with van der Waals surface area (Å²) in [4.78, 5) is 31.4. The van der Waals surface area contributed by atoms with E-state index in [1.165, 1.54) is 12.8 Å². The maximum absolute atomic E-state index is 13.1. The molecular weight excluding hydrogens is 406 g/mol. The van der Waals surface area contributed by atoms with E-state index in [0.29, 0.717) is 49.8 Å². The topological polar surface area (TPSA) is 62.3 Å². The Morgan fingerprint density at radius 1 is 0.969 bits per heavy atom. The van der Waals surface area contributed by atoms with Crippen LogP contribution in [0.25, 0.3) is 0 Å². The summed E-state index contributed by atoms with van der Waals surface area (Å²) in [7, 11) is 1.60. The Bertz CT molecular complexity index is 721. The van der Waals surface area contributed by atoms with Gasteiger partial charge in [-0.25, -0.2) is 0 Å². The number of hydrogen-bond acceptors (Lipinski definition) is 5. The van der Waals surface area contributed by atoms with E-state index in [-0.39, 0.29) is 11.8 Å². The van der Waals surface area contributed by atoms with E-state index in [1.54, 1.807) is 13.2 Å². The number of nitrogens with zero attached hydrogens (tertiary/aromatic N) is 3. The molecule has 0 aliphatic carbocycles. The fraction of sp³-hybridized carbons (Fsp3) is 0.680. The predicted octanol–water partition coefficient (Wildman–Crippen LogP) is 3.67. The molecule has 0 unspecified atom stereocenters. The summed E-state index contributed by atoms with van der Waals surface area (Å²) >= 11 is 0. The van der Waals surface area contributed by atoms with Crippen LogP contribution in [-0.4, -0.2) is 86.0 Å². The first-order chi connectivity index (χ1) is 15.5. The van der Waals surface area contributed by atoms with E-state index < -0.39 is 0 Å². The van der Waals surface area contributed by atoms with E-state index in [9.17, 15) is 9.59 Å². The molecule has 0 radical (unpaired) electrons. The summed E-state index contributed by atoms with van der Waals surface area (Å²) in [6.45, 7) is 11.5. The van der Waals surface area contributed by atoms with Gasteiger partial charge in [0.2, 0.25) is 5.91 Å². The van der Waals surface area contributed by atoms with Gasteiger partial charge in [-0.3, -0.25) is 14.5 Å². The minimum absolute atomic E-state index is 0.00489. The van der Waals surface area contributed by atoms with Gasteiger partial charge < -0.3 is 19.3 Å². The predicted molar refractivity (Wildman–Crippen MR) is 128 cm³/mol. The van der Waals surface area contributed by atoms with E-state index in [1.807, 2.05) is 35.8 Å². The van der Waals surface area contributed by atoms with Crippen molar-refractivity contribution in [2.45, 2.75) is 52.9 Å². The van der Waals surface area contributed by atoms with Gasteiger partial charge in [0, 0.05) is 44.8 Å². The third-order valence-corrected chi connectivity index (χ3v) is 6.02. The molecule has 2 amide bonds. The highest BCUT2D eigenvalue weighted by Crippen LogP contribution is 2.29. The van der Waals surface area contributed by atoms with E-state index >= 15 is 0 Å². The zero-order valence-corrected chi connectivity index (χ0v) is 20.4. The summed E-state index contributed by atoms with van der Waals surface area (Å²) in [6, 6.07) is 5.42. The van der Waals surface area contributed by atoms with Crippen LogP contribution in [0.15, 0.2) is 18.2 Å². The van der Waals surface area contributed by atoms with Crippen LogP contribution >= 0.6 is 0 Å². The Kier molecular flexibility index (Phi) is 11.4. The lowest BCUT2D eigenvalue weighted by atomic mass is 10.1. The largest absolute Gasteiger partial charge is 0.493 e. The SMILES string of the molecule is CCCCCCOc1ccc(C(=O)N2CCCN(CC(=O)N(CC)CC)CC2)cc1OC. The van der Waals surface area contributed by atoms with Gasteiger partial charge in [0.05, 0.1) is 20.3 Å². The number of unbranched alkanes of at least 4 members (excludes halogenated alkanes) is 3. The highest BCUT2D eigenvalue weighted by molar-refractivity contribution is 5.95. The number of methoxy groups -OCH3 is 1. The molecule has 0 spiro atoms. The number of rotatable bonds is 12. The Labute approximate surface area is 193 Å². The average Bonchev–Trinajstić information content (AvgIpc) is 3.05. The molecule has 0 aromatic heterocycles. The average molecular weight is 448 g/mol. The molecule has 1 aliphatic rings. The molecule has 1 aromatic rings. The van der Waals surface area contributed by atoms with Crippen molar-refractivity contribution in [3.8, 4) is 11.5 Å². The normalized spacial score (nSPS) is 14.7. The molecule has 0 N–H and O–H groups in total. The van der Waals surface area contributed by atoms with E-state index in [2.05, 4.69) is 11.8 Å². The molecule has 1 saturated heterocycles. The minimum Gasteiger partial charge on any atom is -0.493 e. The van der Waals surface area contributed by atoms with Crippen molar-refractivity contribution in [2.24, 2.45) is 0 Å². The van der Waals surface area contributed by atoms with Gasteiger partial charge in [-0.05, 0) is 44.9 Å². The van der Waals surface area contributed by atoms with Gasteiger partial charge in [0.1, 0.15) is 0 Å². The van der Waals surface area contributed by atoms with Crippen molar-refractivity contribution in [3.05, 3.63) is 23.8 Å². The smallest absolute Gasteiger partial charge is 0.254 e. The Morgan fingerprint density at radius 2 is 1.75 bits per heavy atom. The van der Waals surface area contributed by atoms with Gasteiger partial charge in [-0.15, -0.1) is 0 Å². The quantitative estimate of drug-likeness (QED) is 0.458. The number of carbonyl (C=O) groups is 2. The number of carbonyl (C=O) groups excluding carboxylic acids is 2. The highest BCUT2D eigenvalue weighted by Gasteiger charge is 2.23. The highest BCUT2D eigenvalue weighted by atomic mass is 16.5. The molecule has 1 aliphatic heterocycles. The van der Waals surface area contributed by atoms with Crippen molar-refractivity contribution in [1.29, 1.82) is 0 Å². The molecule has 0 bridgehead atoms. The lowest BCUT2D eigenvalue weighted by Crippen LogP contribution is -2.42. The summed E-state index contributed by atoms with van der Waals surface area (Å²) in [5, 5.41) is 0. The maximum Gasteiger partial charge on any atom is 0.254 e. The lowest BCUT2D eigenvalue weighted by Gasteiger charge is -2.25.